The van der Waals surface area contributed by atoms with Gasteiger partial charge in [0.1, 0.15) is 5.82 Å². The van der Waals surface area contributed by atoms with Gasteiger partial charge < -0.3 is 10.6 Å². The molecule has 1 heterocycles. The SMILES string of the molecule is Cc1cc(F)cc(C(=O)N[C@H]2CCNC2)c1. The minimum Gasteiger partial charge on any atom is -0.348 e. The summed E-state index contributed by atoms with van der Waals surface area (Å²) < 4.78 is 13.1. The largest absolute Gasteiger partial charge is 0.348 e. The number of hydrogen-bond donors (Lipinski definition) is 2. The van der Waals surface area contributed by atoms with E-state index in [1.54, 1.807) is 13.0 Å². The summed E-state index contributed by atoms with van der Waals surface area (Å²) in [6.07, 6.45) is 0.931. The fraction of sp³-hybridized carbons (Fsp3) is 0.417. The molecular formula is C12H15FN2O. The van der Waals surface area contributed by atoms with E-state index in [1.807, 2.05) is 0 Å². The highest BCUT2D eigenvalue weighted by Gasteiger charge is 2.17. The normalized spacial score (nSPS) is 19.8. The Morgan fingerprint density at radius 2 is 2.31 bits per heavy atom. The predicted octanol–water partition coefficient (Wildman–Crippen LogP) is 1.23. The zero-order valence-electron chi connectivity index (χ0n) is 9.22. The van der Waals surface area contributed by atoms with Gasteiger partial charge in [-0.05, 0) is 43.7 Å². The molecule has 1 aliphatic rings. The molecule has 0 aromatic heterocycles. The molecule has 16 heavy (non-hydrogen) atoms. The summed E-state index contributed by atoms with van der Waals surface area (Å²) in [6.45, 7) is 3.49. The van der Waals surface area contributed by atoms with Gasteiger partial charge in [0, 0.05) is 18.2 Å². The van der Waals surface area contributed by atoms with Crippen molar-refractivity contribution in [3.8, 4) is 0 Å². The second kappa shape index (κ2) is 4.61. The monoisotopic (exact) mass is 222 g/mol. The number of rotatable bonds is 2. The Hall–Kier alpha value is -1.42. The van der Waals surface area contributed by atoms with Crippen LogP contribution >= 0.6 is 0 Å². The molecule has 2 rings (SSSR count). The third kappa shape index (κ3) is 2.58. The molecule has 0 spiro atoms. The fourth-order valence-electron chi connectivity index (χ4n) is 1.91. The molecule has 0 saturated carbocycles. The molecule has 86 valence electrons. The first kappa shape index (κ1) is 11.1. The molecular weight excluding hydrogens is 207 g/mol. The van der Waals surface area contributed by atoms with Crippen molar-refractivity contribution in [2.24, 2.45) is 0 Å². The van der Waals surface area contributed by atoms with Gasteiger partial charge >= 0.3 is 0 Å². The average molecular weight is 222 g/mol. The first-order valence-corrected chi connectivity index (χ1v) is 5.44. The molecule has 1 fully saturated rings. The van der Waals surface area contributed by atoms with Crippen molar-refractivity contribution < 1.29 is 9.18 Å². The van der Waals surface area contributed by atoms with Crippen LogP contribution in [0.2, 0.25) is 0 Å². The van der Waals surface area contributed by atoms with Crippen molar-refractivity contribution in [3.63, 3.8) is 0 Å². The maximum Gasteiger partial charge on any atom is 0.251 e. The number of halogens is 1. The summed E-state index contributed by atoms with van der Waals surface area (Å²) in [5.41, 5.74) is 1.15. The standard InChI is InChI=1S/C12H15FN2O/c1-8-4-9(6-10(13)5-8)12(16)15-11-2-3-14-7-11/h4-6,11,14H,2-3,7H2,1H3,(H,15,16)/t11-/m0/s1. The molecule has 2 N–H and O–H groups in total. The van der Waals surface area contributed by atoms with Gasteiger partial charge in [0.15, 0.2) is 0 Å². The van der Waals surface area contributed by atoms with Crippen LogP contribution in [0.5, 0.6) is 0 Å². The lowest BCUT2D eigenvalue weighted by Gasteiger charge is -2.11. The van der Waals surface area contributed by atoms with Crippen LogP contribution in [0.1, 0.15) is 22.3 Å². The fourth-order valence-corrected chi connectivity index (χ4v) is 1.91. The number of aryl methyl sites for hydroxylation is 1. The third-order valence-corrected chi connectivity index (χ3v) is 2.70. The Kier molecular flexibility index (Phi) is 3.19. The molecule has 0 aliphatic carbocycles. The number of benzene rings is 1. The van der Waals surface area contributed by atoms with E-state index in [1.165, 1.54) is 12.1 Å². The summed E-state index contributed by atoms with van der Waals surface area (Å²) in [6, 6.07) is 4.54. The van der Waals surface area contributed by atoms with E-state index in [-0.39, 0.29) is 17.8 Å². The molecule has 3 nitrogen and oxygen atoms in total. The van der Waals surface area contributed by atoms with Crippen molar-refractivity contribution in [3.05, 3.63) is 35.1 Å². The van der Waals surface area contributed by atoms with Crippen LogP contribution in [0.3, 0.4) is 0 Å². The Labute approximate surface area is 94.0 Å². The Morgan fingerprint density at radius 3 is 2.94 bits per heavy atom. The van der Waals surface area contributed by atoms with Gasteiger partial charge in [0.25, 0.3) is 5.91 Å². The van der Waals surface area contributed by atoms with Crippen molar-refractivity contribution in [2.45, 2.75) is 19.4 Å². The second-order valence-corrected chi connectivity index (χ2v) is 4.18. The second-order valence-electron chi connectivity index (χ2n) is 4.18. The topological polar surface area (TPSA) is 41.1 Å². The van der Waals surface area contributed by atoms with Gasteiger partial charge in [-0.2, -0.15) is 0 Å². The molecule has 0 unspecified atom stereocenters. The van der Waals surface area contributed by atoms with Gasteiger partial charge in [-0.3, -0.25) is 4.79 Å². The van der Waals surface area contributed by atoms with E-state index in [0.29, 0.717) is 5.56 Å². The number of nitrogens with one attached hydrogen (secondary N) is 2. The molecule has 0 bridgehead atoms. The minimum absolute atomic E-state index is 0.163. The molecule has 1 aromatic carbocycles. The first-order chi connectivity index (χ1) is 7.65. The zero-order chi connectivity index (χ0) is 11.5. The van der Waals surface area contributed by atoms with Crippen molar-refractivity contribution in [1.82, 2.24) is 10.6 Å². The number of hydrogen-bond acceptors (Lipinski definition) is 2. The number of carbonyl (C=O) groups excluding carboxylic acids is 1. The lowest BCUT2D eigenvalue weighted by molar-refractivity contribution is 0.0939. The van der Waals surface area contributed by atoms with Crippen molar-refractivity contribution >= 4 is 5.91 Å². The van der Waals surface area contributed by atoms with Gasteiger partial charge in [0.2, 0.25) is 0 Å². The quantitative estimate of drug-likeness (QED) is 0.790. The van der Waals surface area contributed by atoms with Gasteiger partial charge in [-0.15, -0.1) is 0 Å². The molecule has 1 aliphatic heterocycles. The van der Waals surface area contributed by atoms with E-state index in [2.05, 4.69) is 10.6 Å². The Bertz CT molecular complexity index is 380. The van der Waals surface area contributed by atoms with Crippen LogP contribution in [0.4, 0.5) is 4.39 Å². The maximum atomic E-state index is 13.1. The molecule has 0 radical (unpaired) electrons. The highest BCUT2D eigenvalue weighted by atomic mass is 19.1. The molecule has 1 atom stereocenters. The average Bonchev–Trinajstić information content (AvgIpc) is 2.68. The first-order valence-electron chi connectivity index (χ1n) is 5.44. The third-order valence-electron chi connectivity index (χ3n) is 2.70. The van der Waals surface area contributed by atoms with Crippen LogP contribution in [0, 0.1) is 12.7 Å². The van der Waals surface area contributed by atoms with Crippen LogP contribution in [0.25, 0.3) is 0 Å². The van der Waals surface area contributed by atoms with Crippen LogP contribution in [0.15, 0.2) is 18.2 Å². The highest BCUT2D eigenvalue weighted by Crippen LogP contribution is 2.09. The van der Waals surface area contributed by atoms with Crippen LogP contribution in [-0.2, 0) is 0 Å². The number of amides is 1. The summed E-state index contributed by atoms with van der Waals surface area (Å²) in [7, 11) is 0. The Morgan fingerprint density at radius 1 is 1.50 bits per heavy atom. The molecule has 4 heteroatoms. The van der Waals surface area contributed by atoms with E-state index in [4.69, 9.17) is 0 Å². The molecule has 1 aromatic rings. The Balaban J connectivity index is 2.07. The summed E-state index contributed by atoms with van der Waals surface area (Å²) >= 11 is 0. The van der Waals surface area contributed by atoms with Gasteiger partial charge in [-0.25, -0.2) is 4.39 Å². The van der Waals surface area contributed by atoms with Crippen LogP contribution in [-0.4, -0.2) is 25.0 Å². The minimum atomic E-state index is -0.366. The summed E-state index contributed by atoms with van der Waals surface area (Å²) in [4.78, 5) is 11.8. The molecule has 1 amide bonds. The summed E-state index contributed by atoms with van der Waals surface area (Å²) in [5.74, 6) is -0.564. The van der Waals surface area contributed by atoms with E-state index in [0.717, 1.165) is 25.1 Å². The number of carbonyl (C=O) groups is 1. The van der Waals surface area contributed by atoms with Crippen molar-refractivity contribution in [2.75, 3.05) is 13.1 Å². The van der Waals surface area contributed by atoms with Crippen molar-refractivity contribution in [1.29, 1.82) is 0 Å². The predicted molar refractivity (Wildman–Crippen MR) is 59.9 cm³/mol. The smallest absolute Gasteiger partial charge is 0.251 e. The van der Waals surface area contributed by atoms with E-state index in [9.17, 15) is 9.18 Å². The lowest BCUT2D eigenvalue weighted by atomic mass is 10.1. The molecule has 1 saturated heterocycles. The van der Waals surface area contributed by atoms with Gasteiger partial charge in [0.05, 0.1) is 0 Å². The van der Waals surface area contributed by atoms with E-state index < -0.39 is 0 Å². The lowest BCUT2D eigenvalue weighted by Crippen LogP contribution is -2.36. The van der Waals surface area contributed by atoms with Gasteiger partial charge in [-0.1, -0.05) is 0 Å². The maximum absolute atomic E-state index is 13.1. The highest BCUT2D eigenvalue weighted by molar-refractivity contribution is 5.94. The summed E-state index contributed by atoms with van der Waals surface area (Å²) in [5, 5.41) is 6.04. The zero-order valence-corrected chi connectivity index (χ0v) is 9.22. The van der Waals surface area contributed by atoms with E-state index >= 15 is 0 Å². The van der Waals surface area contributed by atoms with Crippen LogP contribution < -0.4 is 10.6 Å².